The summed E-state index contributed by atoms with van der Waals surface area (Å²) in [5.41, 5.74) is 1.94. The number of aromatic carboxylic acids is 1. The molecule has 5 nitrogen and oxygen atoms in total. The number of carbonyl (C=O) groups excluding carboxylic acids is 1. The van der Waals surface area contributed by atoms with E-state index >= 15 is 0 Å². The lowest BCUT2D eigenvalue weighted by molar-refractivity contribution is -0.121. The van der Waals surface area contributed by atoms with Crippen LogP contribution in [0.15, 0.2) is 41.0 Å². The van der Waals surface area contributed by atoms with Gasteiger partial charge in [0.2, 0.25) is 5.91 Å². The maximum absolute atomic E-state index is 12.2. The summed E-state index contributed by atoms with van der Waals surface area (Å²) in [6.07, 6.45) is 4.62. The van der Waals surface area contributed by atoms with Crippen LogP contribution in [0.4, 0.5) is 0 Å². The van der Waals surface area contributed by atoms with Crippen LogP contribution in [0, 0.1) is 0 Å². The van der Waals surface area contributed by atoms with Crippen molar-refractivity contribution < 1.29 is 19.1 Å². The molecule has 3 rings (SSSR count). The van der Waals surface area contributed by atoms with Crippen LogP contribution in [-0.2, 0) is 17.6 Å². The Morgan fingerprint density at radius 3 is 3.00 bits per heavy atom. The highest BCUT2D eigenvalue weighted by Crippen LogP contribution is 2.30. The van der Waals surface area contributed by atoms with Gasteiger partial charge in [-0.3, -0.25) is 4.79 Å². The summed E-state index contributed by atoms with van der Waals surface area (Å²) < 4.78 is 5.41. The van der Waals surface area contributed by atoms with E-state index in [4.69, 9.17) is 9.52 Å². The van der Waals surface area contributed by atoms with E-state index in [-0.39, 0.29) is 23.9 Å². The predicted octanol–water partition coefficient (Wildman–Crippen LogP) is 2.71. The molecule has 1 aliphatic carbocycles. The molecule has 1 amide bonds. The number of fused-ring (bicyclic) bond motifs is 1. The van der Waals surface area contributed by atoms with Crippen molar-refractivity contribution in [1.82, 2.24) is 5.32 Å². The van der Waals surface area contributed by atoms with Gasteiger partial charge >= 0.3 is 5.97 Å². The van der Waals surface area contributed by atoms with Gasteiger partial charge in [-0.15, -0.1) is 0 Å². The monoisotopic (exact) mass is 299 g/mol. The Morgan fingerprint density at radius 2 is 2.18 bits per heavy atom. The van der Waals surface area contributed by atoms with Gasteiger partial charge in [0, 0.05) is 12.0 Å². The van der Waals surface area contributed by atoms with Gasteiger partial charge in [0.25, 0.3) is 0 Å². The van der Waals surface area contributed by atoms with Gasteiger partial charge in [-0.1, -0.05) is 12.1 Å². The third-order valence-corrected chi connectivity index (χ3v) is 3.93. The molecular formula is C17H17NO4. The zero-order chi connectivity index (χ0) is 15.5. The molecule has 1 aromatic heterocycles. The van der Waals surface area contributed by atoms with E-state index < -0.39 is 5.97 Å². The van der Waals surface area contributed by atoms with Gasteiger partial charge in [-0.2, -0.15) is 0 Å². The van der Waals surface area contributed by atoms with Crippen LogP contribution >= 0.6 is 0 Å². The second kappa shape index (κ2) is 6.05. The number of nitrogens with one attached hydrogen (secondary N) is 1. The van der Waals surface area contributed by atoms with E-state index in [9.17, 15) is 9.59 Å². The SMILES string of the molecule is O=C(Cc1cccc(C(=O)O)c1)NC1CCCc2occc21. The highest BCUT2D eigenvalue weighted by Gasteiger charge is 2.23. The third kappa shape index (κ3) is 3.03. The summed E-state index contributed by atoms with van der Waals surface area (Å²) in [5, 5.41) is 12.0. The fourth-order valence-corrected chi connectivity index (χ4v) is 2.88. The van der Waals surface area contributed by atoms with Crippen LogP contribution in [0.5, 0.6) is 0 Å². The topological polar surface area (TPSA) is 79.5 Å². The second-order valence-corrected chi connectivity index (χ2v) is 5.49. The van der Waals surface area contributed by atoms with Crippen molar-refractivity contribution in [2.45, 2.75) is 31.7 Å². The highest BCUT2D eigenvalue weighted by atomic mass is 16.4. The lowest BCUT2D eigenvalue weighted by atomic mass is 9.93. The molecule has 0 saturated carbocycles. The Morgan fingerprint density at radius 1 is 1.32 bits per heavy atom. The standard InChI is InChI=1S/C17H17NO4/c19-16(10-11-3-1-4-12(9-11)17(20)21)18-14-5-2-6-15-13(14)7-8-22-15/h1,3-4,7-9,14H,2,5-6,10H2,(H,18,19)(H,20,21). The number of carbonyl (C=O) groups is 2. The first-order chi connectivity index (χ1) is 10.6. The van der Waals surface area contributed by atoms with Gasteiger partial charge in [0.05, 0.1) is 24.3 Å². The predicted molar refractivity (Wildman–Crippen MR) is 79.6 cm³/mol. The summed E-state index contributed by atoms with van der Waals surface area (Å²) in [7, 11) is 0. The normalized spacial score (nSPS) is 16.8. The van der Waals surface area contributed by atoms with Crippen LogP contribution < -0.4 is 5.32 Å². The molecule has 0 saturated heterocycles. The molecule has 1 atom stereocenters. The fourth-order valence-electron chi connectivity index (χ4n) is 2.88. The average Bonchev–Trinajstić information content (AvgIpc) is 2.97. The van der Waals surface area contributed by atoms with E-state index in [2.05, 4.69) is 5.32 Å². The summed E-state index contributed by atoms with van der Waals surface area (Å²) >= 11 is 0. The molecule has 1 unspecified atom stereocenters. The smallest absolute Gasteiger partial charge is 0.335 e. The van der Waals surface area contributed by atoms with Gasteiger partial charge in [0.1, 0.15) is 5.76 Å². The molecule has 22 heavy (non-hydrogen) atoms. The van der Waals surface area contributed by atoms with Crippen molar-refractivity contribution in [2.75, 3.05) is 0 Å². The summed E-state index contributed by atoms with van der Waals surface area (Å²) in [6, 6.07) is 8.36. The number of aryl methyl sites for hydroxylation is 1. The average molecular weight is 299 g/mol. The quantitative estimate of drug-likeness (QED) is 0.909. The van der Waals surface area contributed by atoms with Gasteiger partial charge in [-0.25, -0.2) is 4.79 Å². The number of amides is 1. The third-order valence-electron chi connectivity index (χ3n) is 3.93. The van der Waals surface area contributed by atoms with Crippen molar-refractivity contribution >= 4 is 11.9 Å². The Labute approximate surface area is 127 Å². The van der Waals surface area contributed by atoms with Crippen LogP contribution in [0.25, 0.3) is 0 Å². The first kappa shape index (κ1) is 14.4. The highest BCUT2D eigenvalue weighted by molar-refractivity contribution is 5.88. The lowest BCUT2D eigenvalue weighted by Gasteiger charge is -2.22. The molecule has 2 N–H and O–H groups in total. The van der Waals surface area contributed by atoms with Crippen molar-refractivity contribution in [1.29, 1.82) is 0 Å². The molecule has 114 valence electrons. The maximum atomic E-state index is 12.2. The van der Waals surface area contributed by atoms with E-state index in [1.165, 1.54) is 12.1 Å². The van der Waals surface area contributed by atoms with E-state index in [0.717, 1.165) is 30.6 Å². The number of hydrogen-bond acceptors (Lipinski definition) is 3. The molecule has 0 radical (unpaired) electrons. The van der Waals surface area contributed by atoms with Gasteiger partial charge < -0.3 is 14.8 Å². The Balaban J connectivity index is 1.67. The zero-order valence-electron chi connectivity index (χ0n) is 12.0. The molecule has 1 aromatic carbocycles. The molecule has 0 aliphatic heterocycles. The van der Waals surface area contributed by atoms with Crippen LogP contribution in [-0.4, -0.2) is 17.0 Å². The molecule has 1 aliphatic rings. The minimum absolute atomic E-state index is 0.0161. The van der Waals surface area contributed by atoms with Crippen molar-refractivity contribution in [3.05, 3.63) is 59.0 Å². The minimum atomic E-state index is -0.988. The van der Waals surface area contributed by atoms with Crippen LogP contribution in [0.2, 0.25) is 0 Å². The largest absolute Gasteiger partial charge is 0.478 e. The number of furan rings is 1. The van der Waals surface area contributed by atoms with E-state index in [1.807, 2.05) is 6.07 Å². The molecular weight excluding hydrogens is 282 g/mol. The van der Waals surface area contributed by atoms with Crippen LogP contribution in [0.3, 0.4) is 0 Å². The fraction of sp³-hybridized carbons (Fsp3) is 0.294. The molecule has 0 spiro atoms. The first-order valence-corrected chi connectivity index (χ1v) is 7.31. The molecule has 0 bridgehead atoms. The summed E-state index contributed by atoms with van der Waals surface area (Å²) in [6.45, 7) is 0. The number of rotatable bonds is 4. The summed E-state index contributed by atoms with van der Waals surface area (Å²) in [4.78, 5) is 23.2. The number of benzene rings is 1. The van der Waals surface area contributed by atoms with Crippen molar-refractivity contribution in [3.63, 3.8) is 0 Å². The Hall–Kier alpha value is -2.56. The van der Waals surface area contributed by atoms with Crippen molar-refractivity contribution in [3.8, 4) is 0 Å². The molecule has 1 heterocycles. The van der Waals surface area contributed by atoms with E-state index in [0.29, 0.717) is 5.56 Å². The number of carboxylic acid groups (broad SMARTS) is 1. The van der Waals surface area contributed by atoms with Gasteiger partial charge in [-0.05, 0) is 36.6 Å². The Bertz CT molecular complexity index is 704. The van der Waals surface area contributed by atoms with Gasteiger partial charge in [0.15, 0.2) is 0 Å². The molecule has 2 aromatic rings. The van der Waals surface area contributed by atoms with Crippen molar-refractivity contribution in [2.24, 2.45) is 0 Å². The summed E-state index contributed by atoms with van der Waals surface area (Å²) in [5.74, 6) is -0.149. The number of carboxylic acids is 1. The van der Waals surface area contributed by atoms with E-state index in [1.54, 1.807) is 18.4 Å². The first-order valence-electron chi connectivity index (χ1n) is 7.31. The second-order valence-electron chi connectivity index (χ2n) is 5.49. The maximum Gasteiger partial charge on any atom is 0.335 e. The molecule has 5 heteroatoms. The lowest BCUT2D eigenvalue weighted by Crippen LogP contribution is -2.31. The zero-order valence-corrected chi connectivity index (χ0v) is 12.0. The van der Waals surface area contributed by atoms with Crippen LogP contribution in [0.1, 0.15) is 46.1 Å². The Kier molecular flexibility index (Phi) is 3.96. The minimum Gasteiger partial charge on any atom is -0.478 e. The number of hydrogen-bond donors (Lipinski definition) is 2. The molecule has 0 fully saturated rings.